The van der Waals surface area contributed by atoms with Crippen molar-refractivity contribution < 1.29 is 14.5 Å². The minimum absolute atomic E-state index is 0.0282. The molecule has 168 valence electrons. The lowest BCUT2D eigenvalue weighted by atomic mass is 9.89. The molecule has 0 unspecified atom stereocenters. The Morgan fingerprint density at radius 3 is 2.81 bits per heavy atom. The number of H-pyrrole nitrogens is 1. The molecule has 0 aliphatic carbocycles. The number of nitrogens with one attached hydrogen (secondary N) is 2. The van der Waals surface area contributed by atoms with Crippen LogP contribution >= 0.6 is 0 Å². The van der Waals surface area contributed by atoms with Crippen LogP contribution in [0.1, 0.15) is 49.7 Å². The fourth-order valence-corrected chi connectivity index (χ4v) is 4.49. The number of nitrogens with zero attached hydrogens (tertiary/aromatic N) is 1. The average Bonchev–Trinajstić information content (AvgIpc) is 3.42. The van der Waals surface area contributed by atoms with Crippen LogP contribution in [0, 0.1) is 10.1 Å². The molecule has 0 spiro atoms. The van der Waals surface area contributed by atoms with Crippen LogP contribution in [0.15, 0.2) is 54.7 Å². The van der Waals surface area contributed by atoms with Crippen LogP contribution in [0.25, 0.3) is 10.9 Å². The Labute approximate surface area is 187 Å². The number of benzene rings is 2. The maximum absolute atomic E-state index is 12.9. The Balaban J connectivity index is 1.54. The van der Waals surface area contributed by atoms with Gasteiger partial charge in [-0.3, -0.25) is 14.9 Å². The van der Waals surface area contributed by atoms with Crippen molar-refractivity contribution in [3.05, 3.63) is 76.0 Å². The second kappa shape index (κ2) is 9.53. The number of ether oxygens (including phenoxy) is 1. The predicted molar refractivity (Wildman–Crippen MR) is 124 cm³/mol. The summed E-state index contributed by atoms with van der Waals surface area (Å²) in [6.45, 7) is 3.27. The number of hydrogen-bond acceptors (Lipinski definition) is 4. The molecule has 1 amide bonds. The lowest BCUT2D eigenvalue weighted by molar-refractivity contribution is -0.384. The van der Waals surface area contributed by atoms with Gasteiger partial charge in [0.05, 0.1) is 10.5 Å². The van der Waals surface area contributed by atoms with E-state index in [1.807, 2.05) is 31.3 Å². The molecule has 0 radical (unpaired) electrons. The first-order valence-electron chi connectivity index (χ1n) is 11.1. The number of aromatic nitrogens is 1. The molecular weight excluding hydrogens is 406 g/mol. The number of amides is 1. The van der Waals surface area contributed by atoms with Crippen LogP contribution in [-0.4, -0.2) is 34.6 Å². The standard InChI is InChI=1S/C25H29N3O4/c1-25(12-5-13-32-25)17-27-24(29)14-19(9-8-18-6-3-2-4-7-18)22-16-26-23-11-10-20(28(30)31)15-21(22)23/h2-4,6-7,10-11,15-16,19,26H,5,8-9,12-14,17H2,1H3,(H,27,29)/t19-,25-/m1/s1. The molecular formula is C25H29N3O4. The second-order valence-electron chi connectivity index (χ2n) is 8.83. The normalized spacial score (nSPS) is 19.2. The lowest BCUT2D eigenvalue weighted by Crippen LogP contribution is -2.40. The van der Waals surface area contributed by atoms with E-state index < -0.39 is 0 Å². The van der Waals surface area contributed by atoms with Gasteiger partial charge in [0, 0.05) is 48.8 Å². The summed E-state index contributed by atoms with van der Waals surface area (Å²) in [5.41, 5.74) is 2.74. The number of fused-ring (bicyclic) bond motifs is 1. The summed E-state index contributed by atoms with van der Waals surface area (Å²) in [5.74, 6) is -0.0946. The highest BCUT2D eigenvalue weighted by molar-refractivity contribution is 5.87. The second-order valence-corrected chi connectivity index (χ2v) is 8.83. The first-order valence-corrected chi connectivity index (χ1v) is 11.1. The van der Waals surface area contributed by atoms with Crippen molar-refractivity contribution in [3.8, 4) is 0 Å². The number of non-ortho nitro benzene ring substituents is 1. The number of aromatic amines is 1. The van der Waals surface area contributed by atoms with Gasteiger partial charge in [0.1, 0.15) is 0 Å². The molecule has 1 aliphatic rings. The third-order valence-electron chi connectivity index (χ3n) is 6.36. The highest BCUT2D eigenvalue weighted by Gasteiger charge is 2.30. The molecule has 32 heavy (non-hydrogen) atoms. The smallest absolute Gasteiger partial charge is 0.270 e. The molecule has 0 saturated carbocycles. The Kier molecular flexibility index (Phi) is 6.55. The van der Waals surface area contributed by atoms with E-state index in [2.05, 4.69) is 22.4 Å². The highest BCUT2D eigenvalue weighted by Crippen LogP contribution is 2.33. The van der Waals surface area contributed by atoms with Crippen molar-refractivity contribution in [2.24, 2.45) is 0 Å². The van der Waals surface area contributed by atoms with Gasteiger partial charge in [-0.25, -0.2) is 0 Å². The first kappa shape index (κ1) is 22.0. The van der Waals surface area contributed by atoms with Crippen molar-refractivity contribution in [1.82, 2.24) is 10.3 Å². The van der Waals surface area contributed by atoms with Crippen molar-refractivity contribution in [1.29, 1.82) is 0 Å². The van der Waals surface area contributed by atoms with E-state index in [4.69, 9.17) is 4.74 Å². The molecule has 1 aromatic heterocycles. The van der Waals surface area contributed by atoms with Gasteiger partial charge < -0.3 is 15.0 Å². The Bertz CT molecular complexity index is 1090. The predicted octanol–water partition coefficient (Wildman–Crippen LogP) is 4.87. The quantitative estimate of drug-likeness (QED) is 0.370. The number of rotatable bonds is 9. The zero-order valence-electron chi connectivity index (χ0n) is 18.3. The summed E-state index contributed by atoms with van der Waals surface area (Å²) in [4.78, 5) is 27.0. The monoisotopic (exact) mass is 435 g/mol. The molecule has 1 saturated heterocycles. The van der Waals surface area contributed by atoms with Gasteiger partial charge in [0.2, 0.25) is 5.91 Å². The molecule has 4 rings (SSSR count). The summed E-state index contributed by atoms with van der Waals surface area (Å²) in [6.07, 6.45) is 5.75. The molecule has 0 bridgehead atoms. The topological polar surface area (TPSA) is 97.3 Å². The summed E-state index contributed by atoms with van der Waals surface area (Å²) < 4.78 is 5.78. The molecule has 2 aromatic carbocycles. The van der Waals surface area contributed by atoms with Gasteiger partial charge in [-0.1, -0.05) is 30.3 Å². The van der Waals surface area contributed by atoms with Crippen molar-refractivity contribution in [2.75, 3.05) is 13.2 Å². The third kappa shape index (κ3) is 5.16. The van der Waals surface area contributed by atoms with E-state index in [1.54, 1.807) is 12.1 Å². The van der Waals surface area contributed by atoms with Crippen LogP contribution in [0.5, 0.6) is 0 Å². The minimum atomic E-state index is -0.385. The minimum Gasteiger partial charge on any atom is -0.373 e. The fourth-order valence-electron chi connectivity index (χ4n) is 4.49. The number of carbonyl (C=O) groups excluding carboxylic acids is 1. The number of nitro benzene ring substituents is 1. The van der Waals surface area contributed by atoms with E-state index in [1.165, 1.54) is 11.6 Å². The molecule has 1 aliphatic heterocycles. The molecule has 2 heterocycles. The largest absolute Gasteiger partial charge is 0.373 e. The van der Waals surface area contributed by atoms with E-state index >= 15 is 0 Å². The molecule has 7 heteroatoms. The third-order valence-corrected chi connectivity index (χ3v) is 6.36. The first-order chi connectivity index (χ1) is 15.4. The van der Waals surface area contributed by atoms with Gasteiger partial charge in [-0.05, 0) is 55.7 Å². The van der Waals surface area contributed by atoms with Crippen LogP contribution in [0.4, 0.5) is 5.69 Å². The van der Waals surface area contributed by atoms with Crippen LogP contribution in [0.3, 0.4) is 0 Å². The number of hydrogen-bond donors (Lipinski definition) is 2. The van der Waals surface area contributed by atoms with Crippen LogP contribution < -0.4 is 5.32 Å². The van der Waals surface area contributed by atoms with Gasteiger partial charge >= 0.3 is 0 Å². The van der Waals surface area contributed by atoms with Gasteiger partial charge in [-0.15, -0.1) is 0 Å². The SMILES string of the molecule is C[C@]1(CNC(=O)C[C@@H](CCc2ccccc2)c2c[nH]c3ccc([N+](=O)[O-])cc23)CCCO1. The van der Waals surface area contributed by atoms with Gasteiger partial charge in [-0.2, -0.15) is 0 Å². The molecule has 1 fully saturated rings. The summed E-state index contributed by atoms with van der Waals surface area (Å²) in [6, 6.07) is 15.0. The zero-order valence-corrected chi connectivity index (χ0v) is 18.3. The Morgan fingerprint density at radius 2 is 2.09 bits per heavy atom. The lowest BCUT2D eigenvalue weighted by Gasteiger charge is -2.24. The maximum atomic E-state index is 12.9. The average molecular weight is 436 g/mol. The summed E-state index contributed by atoms with van der Waals surface area (Å²) in [7, 11) is 0. The van der Waals surface area contributed by atoms with Crippen molar-refractivity contribution in [2.45, 2.75) is 50.5 Å². The zero-order chi connectivity index (χ0) is 22.6. The maximum Gasteiger partial charge on any atom is 0.270 e. The van der Waals surface area contributed by atoms with E-state index in [9.17, 15) is 14.9 Å². The van der Waals surface area contributed by atoms with Crippen molar-refractivity contribution >= 4 is 22.5 Å². The van der Waals surface area contributed by atoms with E-state index in [0.29, 0.717) is 13.0 Å². The summed E-state index contributed by atoms with van der Waals surface area (Å²) >= 11 is 0. The van der Waals surface area contributed by atoms with Gasteiger partial charge in [0.25, 0.3) is 5.69 Å². The molecule has 2 atom stereocenters. The number of aryl methyl sites for hydroxylation is 1. The highest BCUT2D eigenvalue weighted by atomic mass is 16.6. The van der Waals surface area contributed by atoms with E-state index in [-0.39, 0.29) is 28.0 Å². The van der Waals surface area contributed by atoms with Crippen LogP contribution in [-0.2, 0) is 16.0 Å². The molecule has 7 nitrogen and oxygen atoms in total. The Morgan fingerprint density at radius 1 is 1.28 bits per heavy atom. The summed E-state index contributed by atoms with van der Waals surface area (Å²) in [5, 5.41) is 15.1. The van der Waals surface area contributed by atoms with Crippen LogP contribution in [0.2, 0.25) is 0 Å². The Hall–Kier alpha value is -3.19. The fraction of sp³-hybridized carbons (Fsp3) is 0.400. The molecule has 2 N–H and O–H groups in total. The number of carbonyl (C=O) groups is 1. The van der Waals surface area contributed by atoms with Crippen molar-refractivity contribution in [3.63, 3.8) is 0 Å². The number of nitro groups is 1. The molecule has 3 aromatic rings. The van der Waals surface area contributed by atoms with E-state index in [0.717, 1.165) is 48.8 Å². The van der Waals surface area contributed by atoms with Gasteiger partial charge in [0.15, 0.2) is 0 Å².